The lowest BCUT2D eigenvalue weighted by molar-refractivity contribution is -0.131. The number of fused-ring (bicyclic) bond motifs is 2. The summed E-state index contributed by atoms with van der Waals surface area (Å²) in [4.78, 5) is 36.5. The average Bonchev–Trinajstić information content (AvgIpc) is 3.65. The zero-order valence-corrected chi connectivity index (χ0v) is 20.3. The molecule has 2 aliphatic rings. The third-order valence-electron chi connectivity index (χ3n) is 6.23. The maximum atomic E-state index is 12.7. The number of hydrogen-bond donors (Lipinski definition) is 3. The fourth-order valence-electron chi connectivity index (χ4n) is 4.47. The molecule has 0 atom stereocenters. The van der Waals surface area contributed by atoms with Crippen molar-refractivity contribution in [3.63, 3.8) is 0 Å². The molecular weight excluding hydrogens is 484 g/mol. The van der Waals surface area contributed by atoms with E-state index in [9.17, 15) is 9.59 Å². The van der Waals surface area contributed by atoms with E-state index < -0.39 is 0 Å². The Labute approximate surface area is 208 Å². The number of nitrogens with zero attached hydrogens (tertiary/aromatic N) is 5. The minimum atomic E-state index is -0.257. The van der Waals surface area contributed by atoms with Crippen molar-refractivity contribution in [2.24, 2.45) is 0 Å². The van der Waals surface area contributed by atoms with Gasteiger partial charge in [0.15, 0.2) is 10.3 Å². The minimum absolute atomic E-state index is 0.0194. The van der Waals surface area contributed by atoms with E-state index in [0.717, 1.165) is 29.4 Å². The number of hydrogen-bond acceptors (Lipinski definition) is 9. The summed E-state index contributed by atoms with van der Waals surface area (Å²) in [5.74, 6) is -0.277. The van der Waals surface area contributed by atoms with Crippen LogP contribution in [0.15, 0.2) is 35.8 Å². The van der Waals surface area contributed by atoms with E-state index in [2.05, 4.69) is 60.3 Å². The summed E-state index contributed by atoms with van der Waals surface area (Å²) in [5.41, 5.74) is 5.09. The van der Waals surface area contributed by atoms with Gasteiger partial charge in [-0.25, -0.2) is 9.97 Å². The van der Waals surface area contributed by atoms with Crippen LogP contribution >= 0.6 is 22.7 Å². The highest BCUT2D eigenvalue weighted by molar-refractivity contribution is 7.17. The van der Waals surface area contributed by atoms with Crippen molar-refractivity contribution in [1.82, 2.24) is 30.3 Å². The summed E-state index contributed by atoms with van der Waals surface area (Å²) in [6.07, 6.45) is 4.36. The van der Waals surface area contributed by atoms with Gasteiger partial charge >= 0.3 is 0 Å². The third kappa shape index (κ3) is 4.66. The van der Waals surface area contributed by atoms with E-state index in [0.29, 0.717) is 35.2 Å². The van der Waals surface area contributed by atoms with Crippen LogP contribution in [-0.4, -0.2) is 54.7 Å². The first-order chi connectivity index (χ1) is 17.1. The van der Waals surface area contributed by atoms with Crippen molar-refractivity contribution in [3.8, 4) is 0 Å². The van der Waals surface area contributed by atoms with Crippen LogP contribution in [0.1, 0.15) is 37.9 Å². The number of carbonyl (C=O) groups is 2. The summed E-state index contributed by atoms with van der Waals surface area (Å²) in [5, 5.41) is 20.1. The van der Waals surface area contributed by atoms with Crippen LogP contribution in [0.2, 0.25) is 0 Å². The Kier molecular flexibility index (Phi) is 5.74. The largest absolute Gasteiger partial charge is 0.358 e. The fourth-order valence-corrected chi connectivity index (χ4v) is 5.96. The van der Waals surface area contributed by atoms with Gasteiger partial charge in [-0.1, -0.05) is 35.6 Å². The topological polar surface area (TPSA) is 129 Å². The standard InChI is InChI=1S/C23H22N8O2S2/c32-20(31-6-5-17-18(11-31)29-30-28-17)9-16-12-34-23(26-16)27-21(33)19-10-24-22(35-19)25-15-7-13-3-1-2-4-14(13)8-15/h1-4,10,12,15H,5-9,11H2,(H,24,25)(H,26,27,33)(H,28,29,30). The highest BCUT2D eigenvalue weighted by atomic mass is 32.1. The zero-order valence-electron chi connectivity index (χ0n) is 18.7. The molecule has 0 fully saturated rings. The number of rotatable bonds is 6. The number of nitrogens with one attached hydrogen (secondary N) is 3. The lowest BCUT2D eigenvalue weighted by Gasteiger charge is -2.25. The van der Waals surface area contributed by atoms with Crippen molar-refractivity contribution in [2.45, 2.75) is 38.3 Å². The van der Waals surface area contributed by atoms with Gasteiger partial charge in [-0.05, 0) is 24.0 Å². The molecule has 1 aliphatic carbocycles. The first-order valence-corrected chi connectivity index (χ1v) is 13.0. The van der Waals surface area contributed by atoms with Crippen LogP contribution in [0.5, 0.6) is 0 Å². The quantitative estimate of drug-likeness (QED) is 0.367. The third-order valence-corrected chi connectivity index (χ3v) is 7.96. The number of benzene rings is 1. The van der Waals surface area contributed by atoms with Gasteiger partial charge < -0.3 is 10.2 Å². The fraction of sp³-hybridized carbons (Fsp3) is 0.304. The van der Waals surface area contributed by atoms with Crippen LogP contribution < -0.4 is 10.6 Å². The Morgan fingerprint density at radius 2 is 1.91 bits per heavy atom. The zero-order chi connectivity index (χ0) is 23.8. The summed E-state index contributed by atoms with van der Waals surface area (Å²) in [7, 11) is 0. The summed E-state index contributed by atoms with van der Waals surface area (Å²) in [6.45, 7) is 1.06. The highest BCUT2D eigenvalue weighted by Gasteiger charge is 2.25. The average molecular weight is 507 g/mol. The number of carbonyl (C=O) groups excluding carboxylic acids is 2. The van der Waals surface area contributed by atoms with Crippen molar-refractivity contribution < 1.29 is 9.59 Å². The SMILES string of the molecule is O=C(Nc1nc(CC(=O)N2CCc3n[nH]nc3C2)cs1)c1cnc(NC2Cc3ccccc3C2)s1. The molecule has 0 saturated carbocycles. The molecule has 10 nitrogen and oxygen atoms in total. The first kappa shape index (κ1) is 21.9. The Hall–Kier alpha value is -3.64. The molecule has 0 saturated heterocycles. The van der Waals surface area contributed by atoms with E-state index >= 15 is 0 Å². The predicted molar refractivity (Wildman–Crippen MR) is 133 cm³/mol. The molecule has 3 N–H and O–H groups in total. The maximum absolute atomic E-state index is 12.7. The molecule has 3 aromatic heterocycles. The molecule has 4 aromatic rings. The molecule has 1 aliphatic heterocycles. The molecule has 35 heavy (non-hydrogen) atoms. The van der Waals surface area contributed by atoms with Gasteiger partial charge in [0.25, 0.3) is 5.91 Å². The molecule has 0 unspecified atom stereocenters. The lowest BCUT2D eigenvalue weighted by Crippen LogP contribution is -2.37. The van der Waals surface area contributed by atoms with Crippen molar-refractivity contribution >= 4 is 44.8 Å². The minimum Gasteiger partial charge on any atom is -0.358 e. The van der Waals surface area contributed by atoms with E-state index in [1.54, 1.807) is 16.5 Å². The number of H-pyrrole nitrogens is 1. The maximum Gasteiger partial charge on any atom is 0.269 e. The number of aromatic nitrogens is 5. The molecule has 1 aromatic carbocycles. The summed E-state index contributed by atoms with van der Waals surface area (Å²) < 4.78 is 0. The van der Waals surface area contributed by atoms with E-state index in [4.69, 9.17) is 0 Å². The van der Waals surface area contributed by atoms with Crippen LogP contribution in [-0.2, 0) is 37.0 Å². The van der Waals surface area contributed by atoms with Gasteiger partial charge in [-0.2, -0.15) is 15.4 Å². The monoisotopic (exact) mass is 506 g/mol. The van der Waals surface area contributed by atoms with Crippen LogP contribution in [0.4, 0.5) is 10.3 Å². The Bertz CT molecular complexity index is 1370. The number of thiazole rings is 2. The van der Waals surface area contributed by atoms with Crippen molar-refractivity contribution in [1.29, 1.82) is 0 Å². The lowest BCUT2D eigenvalue weighted by atomic mass is 10.1. The van der Waals surface area contributed by atoms with Crippen LogP contribution in [0.3, 0.4) is 0 Å². The van der Waals surface area contributed by atoms with E-state index in [-0.39, 0.29) is 24.3 Å². The number of anilines is 2. The Morgan fingerprint density at radius 3 is 2.74 bits per heavy atom. The molecule has 0 bridgehead atoms. The van der Waals surface area contributed by atoms with E-state index in [1.165, 1.54) is 33.8 Å². The van der Waals surface area contributed by atoms with Crippen molar-refractivity contribution in [3.05, 3.63) is 68.9 Å². The normalized spacial score (nSPS) is 15.0. The predicted octanol–water partition coefficient (Wildman–Crippen LogP) is 2.68. The summed E-state index contributed by atoms with van der Waals surface area (Å²) >= 11 is 2.63. The first-order valence-electron chi connectivity index (χ1n) is 11.3. The molecule has 6 rings (SSSR count). The van der Waals surface area contributed by atoms with Gasteiger partial charge in [-0.3, -0.25) is 14.9 Å². The molecule has 0 spiro atoms. The van der Waals surface area contributed by atoms with Gasteiger partial charge in [-0.15, -0.1) is 11.3 Å². The molecular formula is C23H22N8O2S2. The Morgan fingerprint density at radius 1 is 1.11 bits per heavy atom. The molecule has 2 amide bonds. The molecule has 4 heterocycles. The van der Waals surface area contributed by atoms with Gasteiger partial charge in [0.2, 0.25) is 5.91 Å². The number of aromatic amines is 1. The van der Waals surface area contributed by atoms with Gasteiger partial charge in [0, 0.05) is 24.4 Å². The molecule has 12 heteroatoms. The van der Waals surface area contributed by atoms with Gasteiger partial charge in [0.05, 0.1) is 30.6 Å². The smallest absolute Gasteiger partial charge is 0.269 e. The number of amides is 2. The Balaban J connectivity index is 1.02. The van der Waals surface area contributed by atoms with Crippen molar-refractivity contribution in [2.75, 3.05) is 17.2 Å². The molecule has 178 valence electrons. The van der Waals surface area contributed by atoms with Crippen LogP contribution in [0.25, 0.3) is 0 Å². The van der Waals surface area contributed by atoms with Crippen LogP contribution in [0, 0.1) is 0 Å². The molecule has 0 radical (unpaired) electrons. The van der Waals surface area contributed by atoms with E-state index in [1.807, 2.05) is 0 Å². The van der Waals surface area contributed by atoms with Gasteiger partial charge in [0.1, 0.15) is 10.6 Å². The second-order valence-corrected chi connectivity index (χ2v) is 10.5. The summed E-state index contributed by atoms with van der Waals surface area (Å²) in [6, 6.07) is 8.73. The second kappa shape index (κ2) is 9.19. The second-order valence-electron chi connectivity index (χ2n) is 8.61. The highest BCUT2D eigenvalue weighted by Crippen LogP contribution is 2.27.